The molecule has 0 saturated heterocycles. The Kier molecular flexibility index (Phi) is 2.76. The lowest BCUT2D eigenvalue weighted by molar-refractivity contribution is 0.630. The number of pyridine rings is 1. The first-order valence-electron chi connectivity index (χ1n) is 6.23. The second-order valence-corrected chi connectivity index (χ2v) is 4.73. The molecule has 20 heavy (non-hydrogen) atoms. The minimum absolute atomic E-state index is 0.303. The molecule has 0 fully saturated rings. The van der Waals surface area contributed by atoms with Gasteiger partial charge in [-0.1, -0.05) is 6.07 Å². The van der Waals surface area contributed by atoms with Gasteiger partial charge < -0.3 is 4.57 Å². The van der Waals surface area contributed by atoms with Gasteiger partial charge in [-0.05, 0) is 31.2 Å². The van der Waals surface area contributed by atoms with E-state index in [1.165, 1.54) is 12.1 Å². The summed E-state index contributed by atoms with van der Waals surface area (Å²) < 4.78 is 15.6. The maximum absolute atomic E-state index is 13.8. The fourth-order valence-corrected chi connectivity index (χ4v) is 2.44. The average Bonchev–Trinajstić information content (AvgIpc) is 2.74. The normalized spacial score (nSPS) is 10.7. The lowest BCUT2D eigenvalue weighted by Crippen LogP contribution is -1.94. The van der Waals surface area contributed by atoms with Gasteiger partial charge in [0.1, 0.15) is 17.6 Å². The molecule has 0 amide bonds. The van der Waals surface area contributed by atoms with Crippen molar-refractivity contribution in [2.45, 2.75) is 6.92 Å². The van der Waals surface area contributed by atoms with Gasteiger partial charge in [-0.15, -0.1) is 0 Å². The van der Waals surface area contributed by atoms with Gasteiger partial charge in [0, 0.05) is 35.5 Å². The zero-order valence-corrected chi connectivity index (χ0v) is 11.2. The Morgan fingerprint density at radius 3 is 2.75 bits per heavy atom. The van der Waals surface area contributed by atoms with Gasteiger partial charge in [-0.25, -0.2) is 4.39 Å². The van der Waals surface area contributed by atoms with Crippen molar-refractivity contribution in [2.24, 2.45) is 7.05 Å². The van der Waals surface area contributed by atoms with Crippen molar-refractivity contribution in [1.82, 2.24) is 9.55 Å². The van der Waals surface area contributed by atoms with Crippen molar-refractivity contribution in [1.29, 1.82) is 5.26 Å². The highest BCUT2D eigenvalue weighted by Gasteiger charge is 2.14. The van der Waals surface area contributed by atoms with Crippen LogP contribution in [0.2, 0.25) is 0 Å². The summed E-state index contributed by atoms with van der Waals surface area (Å²) in [5, 5.41) is 9.86. The molecule has 4 heteroatoms. The summed E-state index contributed by atoms with van der Waals surface area (Å²) in [6, 6.07) is 10.5. The van der Waals surface area contributed by atoms with Gasteiger partial charge in [0.05, 0.1) is 5.52 Å². The first kappa shape index (κ1) is 12.4. The van der Waals surface area contributed by atoms with Crippen LogP contribution in [0.3, 0.4) is 0 Å². The lowest BCUT2D eigenvalue weighted by atomic mass is 10.0. The average molecular weight is 265 g/mol. The van der Waals surface area contributed by atoms with Crippen LogP contribution >= 0.6 is 0 Å². The molecule has 0 atom stereocenters. The number of hydrogen-bond acceptors (Lipinski definition) is 2. The summed E-state index contributed by atoms with van der Waals surface area (Å²) >= 11 is 0. The molecule has 3 rings (SSSR count). The van der Waals surface area contributed by atoms with Crippen LogP contribution < -0.4 is 0 Å². The highest BCUT2D eigenvalue weighted by molar-refractivity contribution is 5.94. The van der Waals surface area contributed by atoms with E-state index in [1.807, 2.05) is 20.0 Å². The fourth-order valence-electron chi connectivity index (χ4n) is 2.44. The summed E-state index contributed by atoms with van der Waals surface area (Å²) in [5.74, 6) is -0.303. The highest BCUT2D eigenvalue weighted by atomic mass is 19.1. The summed E-state index contributed by atoms with van der Waals surface area (Å²) in [5.41, 5.74) is 3.76. The summed E-state index contributed by atoms with van der Waals surface area (Å²) in [6.07, 6.45) is 1.69. The smallest absolute Gasteiger partial charge is 0.124 e. The third-order valence-corrected chi connectivity index (χ3v) is 3.61. The third kappa shape index (κ3) is 1.76. The summed E-state index contributed by atoms with van der Waals surface area (Å²) in [7, 11) is 1.83. The monoisotopic (exact) mass is 265 g/mol. The van der Waals surface area contributed by atoms with Gasteiger partial charge in [0.15, 0.2) is 0 Å². The van der Waals surface area contributed by atoms with Crippen LogP contribution in [0.1, 0.15) is 11.4 Å². The van der Waals surface area contributed by atoms with E-state index in [9.17, 15) is 4.39 Å². The number of nitriles is 1. The minimum Gasteiger partial charge on any atom is -0.339 e. The van der Waals surface area contributed by atoms with E-state index in [2.05, 4.69) is 11.1 Å². The molecule has 2 aromatic heterocycles. The number of halogens is 1. The molecule has 0 aliphatic rings. The van der Waals surface area contributed by atoms with E-state index in [1.54, 1.807) is 22.9 Å². The maximum atomic E-state index is 13.8. The molecule has 3 aromatic rings. The second kappa shape index (κ2) is 4.46. The zero-order chi connectivity index (χ0) is 14.3. The van der Waals surface area contributed by atoms with Crippen molar-refractivity contribution in [3.63, 3.8) is 0 Å². The Bertz CT molecular complexity index is 856. The van der Waals surface area contributed by atoms with E-state index in [4.69, 9.17) is 5.26 Å². The van der Waals surface area contributed by atoms with E-state index in [0.717, 1.165) is 27.7 Å². The quantitative estimate of drug-likeness (QED) is 0.675. The van der Waals surface area contributed by atoms with Crippen LogP contribution in [0, 0.1) is 24.1 Å². The van der Waals surface area contributed by atoms with E-state index < -0.39 is 0 Å². The molecule has 0 spiro atoms. The SMILES string of the molecule is Cc1c(-c2cc(F)cc3cccnc23)cc(C#N)n1C. The van der Waals surface area contributed by atoms with E-state index in [0.29, 0.717) is 5.69 Å². The van der Waals surface area contributed by atoms with Crippen LogP contribution in [0.5, 0.6) is 0 Å². The van der Waals surface area contributed by atoms with Crippen molar-refractivity contribution >= 4 is 10.9 Å². The van der Waals surface area contributed by atoms with Gasteiger partial charge in [-0.2, -0.15) is 5.26 Å². The molecular weight excluding hydrogens is 253 g/mol. The Morgan fingerprint density at radius 1 is 1.25 bits per heavy atom. The van der Waals surface area contributed by atoms with Crippen molar-refractivity contribution in [3.05, 3.63) is 53.7 Å². The van der Waals surface area contributed by atoms with Crippen molar-refractivity contribution in [3.8, 4) is 17.2 Å². The predicted molar refractivity (Wildman–Crippen MR) is 75.6 cm³/mol. The number of rotatable bonds is 1. The van der Waals surface area contributed by atoms with Gasteiger partial charge in [-0.3, -0.25) is 4.98 Å². The molecular formula is C16H12FN3. The maximum Gasteiger partial charge on any atom is 0.124 e. The first-order chi connectivity index (χ1) is 9.61. The van der Waals surface area contributed by atoms with Gasteiger partial charge in [0.2, 0.25) is 0 Å². The molecule has 0 radical (unpaired) electrons. The second-order valence-electron chi connectivity index (χ2n) is 4.73. The molecule has 0 bridgehead atoms. The molecule has 3 nitrogen and oxygen atoms in total. The Hall–Kier alpha value is -2.67. The zero-order valence-electron chi connectivity index (χ0n) is 11.2. The Labute approximate surface area is 115 Å². The number of nitrogens with zero attached hydrogens (tertiary/aromatic N) is 3. The van der Waals surface area contributed by atoms with Crippen LogP contribution in [-0.2, 0) is 7.05 Å². The van der Waals surface area contributed by atoms with Gasteiger partial charge in [0.25, 0.3) is 0 Å². The van der Waals surface area contributed by atoms with Crippen molar-refractivity contribution < 1.29 is 4.39 Å². The van der Waals surface area contributed by atoms with Crippen LogP contribution in [0.4, 0.5) is 4.39 Å². The Morgan fingerprint density at radius 2 is 2.05 bits per heavy atom. The topological polar surface area (TPSA) is 41.6 Å². The summed E-state index contributed by atoms with van der Waals surface area (Å²) in [4.78, 5) is 4.35. The number of fused-ring (bicyclic) bond motifs is 1. The fraction of sp³-hybridized carbons (Fsp3) is 0.125. The minimum atomic E-state index is -0.303. The third-order valence-electron chi connectivity index (χ3n) is 3.61. The molecule has 0 N–H and O–H groups in total. The number of benzene rings is 1. The Balaban J connectivity index is 2.38. The van der Waals surface area contributed by atoms with Crippen LogP contribution in [-0.4, -0.2) is 9.55 Å². The molecule has 98 valence electrons. The highest BCUT2D eigenvalue weighted by Crippen LogP contribution is 2.32. The number of aromatic nitrogens is 2. The van der Waals surface area contributed by atoms with Crippen LogP contribution in [0.25, 0.3) is 22.0 Å². The van der Waals surface area contributed by atoms with Crippen LogP contribution in [0.15, 0.2) is 36.5 Å². The lowest BCUT2D eigenvalue weighted by Gasteiger charge is -2.07. The molecule has 0 aliphatic heterocycles. The predicted octanol–water partition coefficient (Wildman–Crippen LogP) is 3.56. The summed E-state index contributed by atoms with van der Waals surface area (Å²) in [6.45, 7) is 1.91. The standard InChI is InChI=1S/C16H12FN3/c1-10-14(8-13(9-18)20(10)2)15-7-12(17)6-11-4-3-5-19-16(11)15/h3-8H,1-2H3. The van der Waals surface area contributed by atoms with Crippen molar-refractivity contribution in [2.75, 3.05) is 0 Å². The molecule has 0 saturated carbocycles. The number of hydrogen-bond donors (Lipinski definition) is 0. The molecule has 0 unspecified atom stereocenters. The molecule has 2 heterocycles. The van der Waals surface area contributed by atoms with E-state index >= 15 is 0 Å². The molecule has 1 aromatic carbocycles. The largest absolute Gasteiger partial charge is 0.339 e. The van der Waals surface area contributed by atoms with Gasteiger partial charge >= 0.3 is 0 Å². The van der Waals surface area contributed by atoms with E-state index in [-0.39, 0.29) is 5.82 Å². The molecule has 0 aliphatic carbocycles. The first-order valence-corrected chi connectivity index (χ1v) is 6.23.